The lowest BCUT2D eigenvalue weighted by Crippen LogP contribution is -2.43. The number of amides is 1. The molecule has 0 radical (unpaired) electrons. The number of benzene rings is 2. The van der Waals surface area contributed by atoms with Gasteiger partial charge >= 0.3 is 0 Å². The van der Waals surface area contributed by atoms with E-state index in [1.807, 2.05) is 23.1 Å². The molecule has 0 aliphatic carbocycles. The first-order valence-corrected chi connectivity index (χ1v) is 8.96. The number of hydrogen-bond donors (Lipinski definition) is 1. The molecule has 2 aromatic carbocycles. The van der Waals surface area contributed by atoms with Gasteiger partial charge in [-0.2, -0.15) is 0 Å². The second-order valence-electron chi connectivity index (χ2n) is 7.28. The fraction of sp³-hybridized carbons (Fsp3) is 0.286. The minimum Gasteiger partial charge on any atom is -0.485 e. The van der Waals surface area contributed by atoms with Crippen molar-refractivity contribution in [1.29, 1.82) is 0 Å². The summed E-state index contributed by atoms with van der Waals surface area (Å²) in [6, 6.07) is 14.3. The van der Waals surface area contributed by atoms with Crippen LogP contribution in [0.25, 0.3) is 10.9 Å². The van der Waals surface area contributed by atoms with Gasteiger partial charge in [-0.25, -0.2) is 4.39 Å². The highest BCUT2D eigenvalue weighted by atomic mass is 19.1. The highest BCUT2D eigenvalue weighted by molar-refractivity contribution is 5.98. The van der Waals surface area contributed by atoms with Crippen LogP contribution >= 0.6 is 0 Å². The van der Waals surface area contributed by atoms with Crippen LogP contribution in [0.3, 0.4) is 0 Å². The molecule has 1 unspecified atom stereocenters. The number of carbonyl (C=O) groups is 1. The van der Waals surface area contributed by atoms with Crippen LogP contribution in [0.15, 0.2) is 48.5 Å². The molecule has 0 bridgehead atoms. The Morgan fingerprint density at radius 1 is 1.15 bits per heavy atom. The standard InChI is InChI=1S/C21H19FN2O2/c22-16-5-6-17-15(11-16)12-18(23-17)20(25)24-10-9-21(13-24)8-7-14-3-1-2-4-19(14)26-21/h1-6,11-12,23H,7-10,13H2. The van der Waals surface area contributed by atoms with Gasteiger partial charge in [-0.1, -0.05) is 18.2 Å². The smallest absolute Gasteiger partial charge is 0.270 e. The lowest BCUT2D eigenvalue weighted by Gasteiger charge is -2.35. The fourth-order valence-electron chi connectivity index (χ4n) is 4.15. The van der Waals surface area contributed by atoms with Gasteiger partial charge < -0.3 is 14.6 Å². The maximum Gasteiger partial charge on any atom is 0.270 e. The van der Waals surface area contributed by atoms with Crippen LogP contribution < -0.4 is 4.74 Å². The topological polar surface area (TPSA) is 45.3 Å². The lowest BCUT2D eigenvalue weighted by atomic mass is 9.90. The van der Waals surface area contributed by atoms with E-state index in [-0.39, 0.29) is 17.3 Å². The van der Waals surface area contributed by atoms with Crippen molar-refractivity contribution >= 4 is 16.8 Å². The summed E-state index contributed by atoms with van der Waals surface area (Å²) < 4.78 is 19.7. The second kappa shape index (κ2) is 5.59. The molecular formula is C21H19FN2O2. The number of fused-ring (bicyclic) bond motifs is 2. The maximum atomic E-state index is 13.4. The minimum atomic E-state index is -0.301. The predicted octanol–water partition coefficient (Wildman–Crippen LogP) is 3.92. The average Bonchev–Trinajstić information content (AvgIpc) is 3.25. The van der Waals surface area contributed by atoms with Gasteiger partial charge in [0, 0.05) is 23.9 Å². The molecule has 2 aliphatic rings. The molecular weight excluding hydrogens is 331 g/mol. The zero-order valence-corrected chi connectivity index (χ0v) is 14.3. The number of carbonyl (C=O) groups excluding carboxylic acids is 1. The number of para-hydroxylation sites is 1. The van der Waals surface area contributed by atoms with Gasteiger partial charge in [-0.05, 0) is 48.7 Å². The molecule has 1 saturated heterocycles. The number of rotatable bonds is 1. The number of aromatic nitrogens is 1. The van der Waals surface area contributed by atoms with Crippen LogP contribution in [-0.2, 0) is 6.42 Å². The monoisotopic (exact) mass is 350 g/mol. The lowest BCUT2D eigenvalue weighted by molar-refractivity contribution is 0.0483. The number of H-pyrrole nitrogens is 1. The summed E-state index contributed by atoms with van der Waals surface area (Å²) in [4.78, 5) is 17.9. The molecule has 1 amide bonds. The summed E-state index contributed by atoms with van der Waals surface area (Å²) in [7, 11) is 0. The van der Waals surface area contributed by atoms with Crippen molar-refractivity contribution in [2.24, 2.45) is 0 Å². The van der Waals surface area contributed by atoms with Crippen LogP contribution in [0.5, 0.6) is 5.75 Å². The summed E-state index contributed by atoms with van der Waals surface area (Å²) in [6.45, 7) is 1.26. The molecule has 26 heavy (non-hydrogen) atoms. The van der Waals surface area contributed by atoms with Gasteiger partial charge in [0.2, 0.25) is 0 Å². The Morgan fingerprint density at radius 3 is 2.96 bits per heavy atom. The van der Waals surface area contributed by atoms with E-state index in [2.05, 4.69) is 11.1 Å². The zero-order chi connectivity index (χ0) is 17.7. The molecule has 3 aromatic rings. The van der Waals surface area contributed by atoms with Gasteiger partial charge in [0.05, 0.1) is 6.54 Å². The third-order valence-electron chi connectivity index (χ3n) is 5.57. The Morgan fingerprint density at radius 2 is 2.04 bits per heavy atom. The first-order chi connectivity index (χ1) is 12.6. The molecule has 5 heteroatoms. The quantitative estimate of drug-likeness (QED) is 0.723. The molecule has 1 atom stereocenters. The summed E-state index contributed by atoms with van der Waals surface area (Å²) in [5.74, 6) is 0.583. The molecule has 3 heterocycles. The van der Waals surface area contributed by atoms with E-state index in [9.17, 15) is 9.18 Å². The Kier molecular flexibility index (Phi) is 3.32. The van der Waals surface area contributed by atoms with E-state index in [0.717, 1.165) is 30.5 Å². The van der Waals surface area contributed by atoms with Crippen LogP contribution in [0.1, 0.15) is 28.9 Å². The first-order valence-electron chi connectivity index (χ1n) is 8.96. The van der Waals surface area contributed by atoms with Gasteiger partial charge in [0.15, 0.2) is 0 Å². The van der Waals surface area contributed by atoms with Gasteiger partial charge in [-0.3, -0.25) is 4.79 Å². The van der Waals surface area contributed by atoms with Crippen LogP contribution in [0.4, 0.5) is 4.39 Å². The van der Waals surface area contributed by atoms with Crippen molar-refractivity contribution in [2.45, 2.75) is 24.9 Å². The SMILES string of the molecule is O=C(c1cc2cc(F)ccc2[nH]1)N1CCC2(CCc3ccccc3O2)C1. The summed E-state index contributed by atoms with van der Waals surface area (Å²) in [5.41, 5.74) is 2.22. The molecule has 132 valence electrons. The van der Waals surface area contributed by atoms with Gasteiger partial charge in [0.1, 0.15) is 22.9 Å². The molecule has 1 aromatic heterocycles. The number of aryl methyl sites for hydroxylation is 1. The van der Waals surface area contributed by atoms with Crippen molar-refractivity contribution in [3.8, 4) is 5.75 Å². The third-order valence-corrected chi connectivity index (χ3v) is 5.57. The number of ether oxygens (including phenoxy) is 1. The average molecular weight is 350 g/mol. The molecule has 1 fully saturated rings. The number of halogens is 1. The zero-order valence-electron chi connectivity index (χ0n) is 14.3. The van der Waals surface area contributed by atoms with Crippen molar-refractivity contribution in [2.75, 3.05) is 13.1 Å². The number of aromatic amines is 1. The molecule has 4 nitrogen and oxygen atoms in total. The Bertz CT molecular complexity index is 1010. The van der Waals surface area contributed by atoms with E-state index in [0.29, 0.717) is 24.2 Å². The minimum absolute atomic E-state index is 0.0547. The maximum absolute atomic E-state index is 13.4. The van der Waals surface area contributed by atoms with Gasteiger partial charge in [-0.15, -0.1) is 0 Å². The van der Waals surface area contributed by atoms with Crippen molar-refractivity contribution in [1.82, 2.24) is 9.88 Å². The van der Waals surface area contributed by atoms with E-state index in [4.69, 9.17) is 4.74 Å². The van der Waals surface area contributed by atoms with E-state index < -0.39 is 0 Å². The number of likely N-dealkylation sites (tertiary alicyclic amines) is 1. The summed E-state index contributed by atoms with van der Waals surface area (Å²) in [5, 5.41) is 0.713. The van der Waals surface area contributed by atoms with E-state index in [1.54, 1.807) is 12.1 Å². The van der Waals surface area contributed by atoms with Crippen LogP contribution in [-0.4, -0.2) is 34.5 Å². The van der Waals surface area contributed by atoms with Crippen molar-refractivity contribution in [3.05, 3.63) is 65.6 Å². The summed E-state index contributed by atoms with van der Waals surface area (Å²) in [6.07, 6.45) is 2.73. The molecule has 1 N–H and O–H groups in total. The third kappa shape index (κ3) is 2.46. The normalized spacial score (nSPS) is 21.8. The second-order valence-corrected chi connectivity index (χ2v) is 7.28. The highest BCUT2D eigenvalue weighted by Crippen LogP contribution is 2.39. The first kappa shape index (κ1) is 15.4. The van der Waals surface area contributed by atoms with Crippen molar-refractivity contribution < 1.29 is 13.9 Å². The Balaban J connectivity index is 1.37. The number of nitrogens with zero attached hydrogens (tertiary/aromatic N) is 1. The van der Waals surface area contributed by atoms with Crippen LogP contribution in [0.2, 0.25) is 0 Å². The number of hydrogen-bond acceptors (Lipinski definition) is 2. The fourth-order valence-corrected chi connectivity index (χ4v) is 4.15. The largest absolute Gasteiger partial charge is 0.485 e. The molecule has 0 saturated carbocycles. The predicted molar refractivity (Wildman–Crippen MR) is 96.9 cm³/mol. The molecule has 1 spiro atoms. The molecule has 2 aliphatic heterocycles. The number of nitrogens with one attached hydrogen (secondary N) is 1. The highest BCUT2D eigenvalue weighted by Gasteiger charge is 2.44. The van der Waals surface area contributed by atoms with E-state index >= 15 is 0 Å². The summed E-state index contributed by atoms with van der Waals surface area (Å²) >= 11 is 0. The van der Waals surface area contributed by atoms with Crippen molar-refractivity contribution in [3.63, 3.8) is 0 Å². The van der Waals surface area contributed by atoms with E-state index in [1.165, 1.54) is 17.7 Å². The Labute approximate surface area is 150 Å². The Hall–Kier alpha value is -2.82. The van der Waals surface area contributed by atoms with Crippen LogP contribution in [0, 0.1) is 5.82 Å². The molecule has 5 rings (SSSR count). The van der Waals surface area contributed by atoms with Gasteiger partial charge in [0.25, 0.3) is 5.91 Å².